The van der Waals surface area contributed by atoms with Gasteiger partial charge in [0, 0.05) is 6.20 Å². The lowest BCUT2D eigenvalue weighted by atomic mass is 10.2. The molecule has 0 unspecified atom stereocenters. The van der Waals surface area contributed by atoms with E-state index in [0.717, 1.165) is 0 Å². The number of hydrogen-bond acceptors (Lipinski definition) is 2. The number of alkyl halides is 3. The molecule has 1 heterocycles. The van der Waals surface area contributed by atoms with E-state index in [9.17, 15) is 18.0 Å². The molecule has 3 nitrogen and oxygen atoms in total. The van der Waals surface area contributed by atoms with Crippen LogP contribution in [0.4, 0.5) is 13.2 Å². The van der Waals surface area contributed by atoms with E-state index in [-0.39, 0.29) is 9.26 Å². The van der Waals surface area contributed by atoms with E-state index in [1.165, 1.54) is 0 Å². The van der Waals surface area contributed by atoms with Crippen LogP contribution in [0.25, 0.3) is 0 Å². The van der Waals surface area contributed by atoms with Gasteiger partial charge in [-0.1, -0.05) is 0 Å². The third kappa shape index (κ3) is 2.34. The molecule has 0 aromatic carbocycles. The van der Waals surface area contributed by atoms with Gasteiger partial charge in [0.2, 0.25) is 0 Å². The lowest BCUT2D eigenvalue weighted by molar-refractivity contribution is -0.137. The standard InChI is InChI=1S/C7H4F3IN2O/c8-7(9,10)3-1-4(6(12)14)5(11)13-2-3/h1-2H,(H2,12,14). The molecule has 76 valence electrons. The first kappa shape index (κ1) is 11.2. The average molecular weight is 316 g/mol. The highest BCUT2D eigenvalue weighted by Crippen LogP contribution is 2.29. The highest BCUT2D eigenvalue weighted by molar-refractivity contribution is 14.1. The van der Waals surface area contributed by atoms with Crippen LogP contribution >= 0.6 is 22.6 Å². The lowest BCUT2D eigenvalue weighted by Crippen LogP contribution is -2.16. The van der Waals surface area contributed by atoms with Crippen molar-refractivity contribution in [2.75, 3.05) is 0 Å². The Morgan fingerprint density at radius 3 is 2.50 bits per heavy atom. The molecule has 0 saturated carbocycles. The van der Waals surface area contributed by atoms with E-state index in [1.807, 2.05) is 0 Å². The Bertz CT molecular complexity index is 378. The number of nitrogens with two attached hydrogens (primary N) is 1. The van der Waals surface area contributed by atoms with Crippen LogP contribution in [0.15, 0.2) is 12.3 Å². The van der Waals surface area contributed by atoms with Crippen LogP contribution in [0, 0.1) is 3.70 Å². The minimum absolute atomic E-state index is 0.156. The van der Waals surface area contributed by atoms with Gasteiger partial charge in [-0.05, 0) is 28.7 Å². The van der Waals surface area contributed by atoms with Gasteiger partial charge in [-0.3, -0.25) is 4.79 Å². The highest BCUT2D eigenvalue weighted by Gasteiger charge is 2.32. The second kappa shape index (κ2) is 3.71. The van der Waals surface area contributed by atoms with Gasteiger partial charge in [-0.25, -0.2) is 4.98 Å². The van der Waals surface area contributed by atoms with Crippen molar-refractivity contribution in [2.45, 2.75) is 6.18 Å². The van der Waals surface area contributed by atoms with Crippen LogP contribution in [-0.4, -0.2) is 10.9 Å². The Morgan fingerprint density at radius 1 is 1.50 bits per heavy atom. The van der Waals surface area contributed by atoms with Crippen LogP contribution in [0.1, 0.15) is 15.9 Å². The molecule has 0 aliphatic heterocycles. The summed E-state index contributed by atoms with van der Waals surface area (Å²) >= 11 is 1.64. The zero-order valence-electron chi connectivity index (χ0n) is 6.60. The summed E-state index contributed by atoms with van der Waals surface area (Å²) in [6, 6.07) is 0.692. The Morgan fingerprint density at radius 2 is 2.07 bits per heavy atom. The topological polar surface area (TPSA) is 56.0 Å². The number of hydrogen-bond donors (Lipinski definition) is 1. The fourth-order valence-corrected chi connectivity index (χ4v) is 1.34. The van der Waals surface area contributed by atoms with Crippen molar-refractivity contribution in [2.24, 2.45) is 5.73 Å². The van der Waals surface area contributed by atoms with Gasteiger partial charge in [0.1, 0.15) is 3.70 Å². The van der Waals surface area contributed by atoms with Crippen molar-refractivity contribution in [1.29, 1.82) is 0 Å². The number of halogens is 4. The zero-order chi connectivity index (χ0) is 10.9. The predicted molar refractivity (Wildman–Crippen MR) is 50.5 cm³/mol. The second-order valence-corrected chi connectivity index (χ2v) is 3.45. The molecule has 0 atom stereocenters. The second-order valence-electron chi connectivity index (χ2n) is 2.42. The van der Waals surface area contributed by atoms with Crippen molar-refractivity contribution in [3.05, 3.63) is 27.1 Å². The first-order chi connectivity index (χ1) is 6.32. The van der Waals surface area contributed by atoms with Crippen molar-refractivity contribution in [3.63, 3.8) is 0 Å². The molecular weight excluding hydrogens is 312 g/mol. The van der Waals surface area contributed by atoms with Crippen LogP contribution in [0.5, 0.6) is 0 Å². The third-order valence-electron chi connectivity index (χ3n) is 1.43. The first-order valence-electron chi connectivity index (χ1n) is 3.35. The highest BCUT2D eigenvalue weighted by atomic mass is 127. The predicted octanol–water partition coefficient (Wildman–Crippen LogP) is 1.80. The van der Waals surface area contributed by atoms with Gasteiger partial charge in [-0.2, -0.15) is 13.2 Å². The molecule has 1 rings (SSSR count). The summed E-state index contributed by atoms with van der Waals surface area (Å²) in [6.07, 6.45) is -3.85. The number of amides is 1. The lowest BCUT2D eigenvalue weighted by Gasteiger charge is -2.07. The number of rotatable bonds is 1. The summed E-state index contributed by atoms with van der Waals surface area (Å²) in [4.78, 5) is 14.1. The van der Waals surface area contributed by atoms with Crippen molar-refractivity contribution < 1.29 is 18.0 Å². The smallest absolute Gasteiger partial charge is 0.366 e. The maximum atomic E-state index is 12.2. The molecule has 14 heavy (non-hydrogen) atoms. The molecule has 1 aromatic heterocycles. The number of carbonyl (C=O) groups excluding carboxylic acids is 1. The third-order valence-corrected chi connectivity index (χ3v) is 2.29. The molecule has 2 N–H and O–H groups in total. The van der Waals surface area contributed by atoms with E-state index in [1.54, 1.807) is 22.6 Å². The first-order valence-corrected chi connectivity index (χ1v) is 4.43. The van der Waals surface area contributed by atoms with Gasteiger partial charge >= 0.3 is 6.18 Å². The van der Waals surface area contributed by atoms with Gasteiger partial charge in [0.05, 0.1) is 11.1 Å². The SMILES string of the molecule is NC(=O)c1cc(C(F)(F)F)cnc1I. The van der Waals surface area contributed by atoms with E-state index in [4.69, 9.17) is 5.73 Å². The molecule has 0 aliphatic rings. The van der Waals surface area contributed by atoms with E-state index in [0.29, 0.717) is 12.3 Å². The van der Waals surface area contributed by atoms with Gasteiger partial charge in [0.25, 0.3) is 5.91 Å². The molecular formula is C7H4F3IN2O. The summed E-state index contributed by atoms with van der Waals surface area (Å²) in [6.45, 7) is 0. The van der Waals surface area contributed by atoms with Gasteiger partial charge < -0.3 is 5.73 Å². The number of pyridine rings is 1. The molecule has 0 saturated heterocycles. The van der Waals surface area contributed by atoms with Crippen LogP contribution in [0.2, 0.25) is 0 Å². The largest absolute Gasteiger partial charge is 0.417 e. The molecule has 0 fully saturated rings. The molecule has 0 radical (unpaired) electrons. The Labute approximate surface area is 90.6 Å². The summed E-state index contributed by atoms with van der Waals surface area (Å²) in [5, 5.41) is 0. The monoisotopic (exact) mass is 316 g/mol. The number of primary amides is 1. The van der Waals surface area contributed by atoms with E-state index < -0.39 is 17.6 Å². The number of carbonyl (C=O) groups is 1. The minimum Gasteiger partial charge on any atom is -0.366 e. The molecule has 0 aliphatic carbocycles. The maximum absolute atomic E-state index is 12.2. The molecule has 1 aromatic rings. The molecule has 1 amide bonds. The Balaban J connectivity index is 3.27. The molecule has 0 bridgehead atoms. The molecule has 7 heteroatoms. The fourth-order valence-electron chi connectivity index (χ4n) is 0.776. The summed E-state index contributed by atoms with van der Waals surface area (Å²) < 4.78 is 36.7. The zero-order valence-corrected chi connectivity index (χ0v) is 8.76. The van der Waals surface area contributed by atoms with Crippen molar-refractivity contribution in [3.8, 4) is 0 Å². The van der Waals surface area contributed by atoms with E-state index in [2.05, 4.69) is 4.98 Å². The van der Waals surface area contributed by atoms with Gasteiger partial charge in [-0.15, -0.1) is 0 Å². The van der Waals surface area contributed by atoms with Crippen LogP contribution in [0.3, 0.4) is 0 Å². The fraction of sp³-hybridized carbons (Fsp3) is 0.143. The summed E-state index contributed by atoms with van der Waals surface area (Å²) in [5.74, 6) is -0.923. The van der Waals surface area contributed by atoms with Crippen LogP contribution < -0.4 is 5.73 Å². The van der Waals surface area contributed by atoms with E-state index >= 15 is 0 Å². The van der Waals surface area contributed by atoms with Crippen molar-refractivity contribution >= 4 is 28.5 Å². The minimum atomic E-state index is -4.51. The Kier molecular flexibility index (Phi) is 2.98. The average Bonchev–Trinajstić information content (AvgIpc) is 2.02. The Hall–Kier alpha value is -0.860. The van der Waals surface area contributed by atoms with Crippen LogP contribution in [-0.2, 0) is 6.18 Å². The number of aromatic nitrogens is 1. The maximum Gasteiger partial charge on any atom is 0.417 e. The van der Waals surface area contributed by atoms with Gasteiger partial charge in [0.15, 0.2) is 0 Å². The summed E-state index contributed by atoms with van der Waals surface area (Å²) in [7, 11) is 0. The quantitative estimate of drug-likeness (QED) is 0.634. The normalized spacial score (nSPS) is 11.4. The molecule has 0 spiro atoms. The summed E-state index contributed by atoms with van der Waals surface area (Å²) in [5.41, 5.74) is 3.67. The number of nitrogens with zero attached hydrogens (tertiary/aromatic N) is 1. The van der Waals surface area contributed by atoms with Crippen molar-refractivity contribution in [1.82, 2.24) is 4.98 Å².